The van der Waals surface area contributed by atoms with Gasteiger partial charge in [-0.15, -0.1) is 0 Å². The topological polar surface area (TPSA) is 50.5 Å². The van der Waals surface area contributed by atoms with E-state index in [2.05, 4.69) is 18.7 Å². The Bertz CT molecular complexity index is 652. The predicted molar refractivity (Wildman–Crippen MR) is 107 cm³/mol. The quantitative estimate of drug-likeness (QED) is 0.256. The summed E-state index contributed by atoms with van der Waals surface area (Å²) in [6.45, 7) is 12.2. The standard InChI is InChI=1S/C19H28B2NO5P/c1-4-16-5-7-19(21,26-16)12-15(16)25-28(23-10-9-22-3)24-13-17-6-8-18(20,27-17)11-14(17)2/h14-15H,4-13H2,1-2H3. The van der Waals surface area contributed by atoms with Crippen LogP contribution in [-0.4, -0.2) is 63.8 Å². The summed E-state index contributed by atoms with van der Waals surface area (Å²) in [5, 5.41) is 0. The summed E-state index contributed by atoms with van der Waals surface area (Å²) in [7, 11) is 11.0. The molecule has 4 fully saturated rings. The maximum absolute atomic E-state index is 6.98. The van der Waals surface area contributed by atoms with Crippen molar-refractivity contribution in [2.24, 2.45) is 5.92 Å². The smallest absolute Gasteiger partial charge is 0.333 e. The third-order valence-electron chi connectivity index (χ3n) is 7.05. The van der Waals surface area contributed by atoms with Gasteiger partial charge in [-0.05, 0) is 50.9 Å². The van der Waals surface area contributed by atoms with E-state index in [1.807, 2.05) is 0 Å². The summed E-state index contributed by atoms with van der Waals surface area (Å²) in [5.74, 6) is 0.325. The van der Waals surface area contributed by atoms with Crippen LogP contribution >= 0.6 is 8.60 Å². The van der Waals surface area contributed by atoms with Gasteiger partial charge in [0, 0.05) is 11.0 Å². The van der Waals surface area contributed by atoms with Crippen LogP contribution in [0.3, 0.4) is 0 Å². The number of fused-ring (bicyclic) bond motifs is 4. The van der Waals surface area contributed by atoms with Crippen molar-refractivity contribution in [2.45, 2.75) is 87.1 Å². The van der Waals surface area contributed by atoms with E-state index in [1.165, 1.54) is 0 Å². The minimum atomic E-state index is -1.63. The van der Waals surface area contributed by atoms with Gasteiger partial charge in [0.05, 0.1) is 23.9 Å². The monoisotopic (exact) mass is 403 g/mol. The maximum Gasteiger partial charge on any atom is 0.333 e. The van der Waals surface area contributed by atoms with Gasteiger partial charge >= 0.3 is 8.60 Å². The van der Waals surface area contributed by atoms with Crippen molar-refractivity contribution in [1.82, 2.24) is 0 Å². The molecule has 4 bridgehead atoms. The highest BCUT2D eigenvalue weighted by Crippen LogP contribution is 2.58. The number of ether oxygens (including phenoxy) is 2. The van der Waals surface area contributed by atoms with Crippen LogP contribution in [-0.2, 0) is 23.0 Å². The van der Waals surface area contributed by atoms with E-state index in [4.69, 9.17) is 45.3 Å². The summed E-state index contributed by atoms with van der Waals surface area (Å²) in [6.07, 6.45) is 5.63. The van der Waals surface area contributed by atoms with Gasteiger partial charge in [-0.25, -0.2) is 6.57 Å². The van der Waals surface area contributed by atoms with E-state index >= 15 is 0 Å². The van der Waals surface area contributed by atoms with Crippen LogP contribution < -0.4 is 0 Å². The molecule has 0 aliphatic carbocycles. The highest BCUT2D eigenvalue weighted by molar-refractivity contribution is 7.41. The Hall–Kier alpha value is -0.150. The highest BCUT2D eigenvalue weighted by Gasteiger charge is 2.60. The molecule has 0 aromatic carbocycles. The Kier molecular flexibility index (Phi) is 5.66. The van der Waals surface area contributed by atoms with Crippen LogP contribution in [0.1, 0.15) is 58.8 Å². The Morgan fingerprint density at radius 3 is 2.32 bits per heavy atom. The Morgan fingerprint density at radius 1 is 1.07 bits per heavy atom. The second-order valence-corrected chi connectivity index (χ2v) is 10.1. The summed E-state index contributed by atoms with van der Waals surface area (Å²) in [4.78, 5) is 3.35. The molecular formula is C19H28B2NO5P. The molecule has 150 valence electrons. The normalized spacial score (nSPS) is 47.5. The molecule has 7 atom stereocenters. The fourth-order valence-electron chi connectivity index (χ4n) is 5.30. The number of hydrogen-bond acceptors (Lipinski definition) is 5. The Balaban J connectivity index is 1.41. The van der Waals surface area contributed by atoms with E-state index in [1.54, 1.807) is 0 Å². The lowest BCUT2D eigenvalue weighted by Crippen LogP contribution is -2.40. The zero-order chi connectivity index (χ0) is 20.0. The first-order chi connectivity index (χ1) is 13.3. The molecule has 28 heavy (non-hydrogen) atoms. The molecule has 0 aromatic rings. The first-order valence-corrected chi connectivity index (χ1v) is 11.4. The zero-order valence-electron chi connectivity index (χ0n) is 16.8. The van der Waals surface area contributed by atoms with Crippen molar-refractivity contribution in [3.8, 4) is 0 Å². The van der Waals surface area contributed by atoms with Gasteiger partial charge in [-0.2, -0.15) is 0 Å². The SMILES string of the molecule is [B]C12CCC(COP(OCC[N+]#[C-])OC3CC4([B])CCC3(CC)O4)(O1)C(C)C2. The van der Waals surface area contributed by atoms with Crippen LogP contribution in [0.4, 0.5) is 0 Å². The van der Waals surface area contributed by atoms with E-state index in [9.17, 15) is 0 Å². The van der Waals surface area contributed by atoms with Gasteiger partial charge in [0.2, 0.25) is 6.54 Å². The van der Waals surface area contributed by atoms with Crippen molar-refractivity contribution >= 4 is 24.3 Å². The first-order valence-electron chi connectivity index (χ1n) is 10.3. The lowest BCUT2D eigenvalue weighted by atomic mass is 9.67. The van der Waals surface area contributed by atoms with Crippen molar-refractivity contribution in [3.05, 3.63) is 11.4 Å². The molecule has 7 unspecified atom stereocenters. The second-order valence-electron chi connectivity index (χ2n) is 8.93. The molecule has 4 radical (unpaired) electrons. The van der Waals surface area contributed by atoms with Gasteiger partial charge < -0.3 is 27.9 Å². The third-order valence-corrected chi connectivity index (χ3v) is 8.21. The molecular weight excluding hydrogens is 375 g/mol. The summed E-state index contributed by atoms with van der Waals surface area (Å²) < 4.78 is 30.6. The summed E-state index contributed by atoms with van der Waals surface area (Å²) in [5.41, 5.74) is -1.86. The average Bonchev–Trinajstić information content (AvgIpc) is 3.33. The summed E-state index contributed by atoms with van der Waals surface area (Å²) in [6, 6.07) is 0. The Labute approximate surface area is 172 Å². The van der Waals surface area contributed by atoms with E-state index in [0.29, 0.717) is 18.9 Å². The van der Waals surface area contributed by atoms with Gasteiger partial charge in [0.15, 0.2) is 0 Å². The van der Waals surface area contributed by atoms with Gasteiger partial charge in [-0.3, -0.25) is 0 Å². The van der Waals surface area contributed by atoms with E-state index < -0.39 is 19.6 Å². The molecule has 6 nitrogen and oxygen atoms in total. The molecule has 0 aromatic heterocycles. The fourth-order valence-corrected chi connectivity index (χ4v) is 6.53. The highest BCUT2D eigenvalue weighted by atomic mass is 31.2. The first kappa shape index (κ1) is 21.1. The third kappa shape index (κ3) is 3.68. The molecule has 4 rings (SSSR count). The number of rotatable bonds is 9. The van der Waals surface area contributed by atoms with Crippen LogP contribution in [0.25, 0.3) is 4.85 Å². The second kappa shape index (κ2) is 7.52. The zero-order valence-corrected chi connectivity index (χ0v) is 17.7. The summed E-state index contributed by atoms with van der Waals surface area (Å²) >= 11 is 0. The average molecular weight is 403 g/mol. The van der Waals surface area contributed by atoms with Crippen molar-refractivity contribution < 1.29 is 23.0 Å². The van der Waals surface area contributed by atoms with Gasteiger partial charge in [0.1, 0.15) is 22.3 Å². The van der Waals surface area contributed by atoms with Crippen molar-refractivity contribution in [2.75, 3.05) is 19.8 Å². The maximum atomic E-state index is 6.98. The van der Waals surface area contributed by atoms with E-state index in [0.717, 1.165) is 38.5 Å². The lowest BCUT2D eigenvalue weighted by Gasteiger charge is -2.35. The van der Waals surface area contributed by atoms with Gasteiger partial charge in [0.25, 0.3) is 0 Å². The fraction of sp³-hybridized carbons (Fsp3) is 0.947. The predicted octanol–water partition coefficient (Wildman–Crippen LogP) is 3.23. The van der Waals surface area contributed by atoms with E-state index in [-0.39, 0.29) is 30.5 Å². The molecule has 4 aliphatic rings. The van der Waals surface area contributed by atoms with Crippen LogP contribution in [0, 0.1) is 12.5 Å². The largest absolute Gasteiger partial charge is 0.376 e. The van der Waals surface area contributed by atoms with Crippen molar-refractivity contribution in [3.63, 3.8) is 0 Å². The molecule has 4 aliphatic heterocycles. The number of nitrogens with zero attached hydrogens (tertiary/aromatic N) is 1. The molecule has 9 heteroatoms. The molecule has 0 spiro atoms. The molecule has 0 saturated carbocycles. The Morgan fingerprint density at radius 2 is 1.75 bits per heavy atom. The minimum absolute atomic E-state index is 0.160. The molecule has 0 N–H and O–H groups in total. The van der Waals surface area contributed by atoms with Crippen LogP contribution in [0.15, 0.2) is 0 Å². The number of hydrogen-bond donors (Lipinski definition) is 0. The van der Waals surface area contributed by atoms with Crippen LogP contribution in [0.5, 0.6) is 0 Å². The van der Waals surface area contributed by atoms with Crippen molar-refractivity contribution in [1.29, 1.82) is 0 Å². The lowest BCUT2D eigenvalue weighted by molar-refractivity contribution is -0.0684. The minimum Gasteiger partial charge on any atom is -0.376 e. The molecule has 4 saturated heterocycles. The molecule has 4 heterocycles. The molecule has 0 amide bonds. The van der Waals surface area contributed by atoms with Gasteiger partial charge in [-0.1, -0.05) is 13.8 Å². The van der Waals surface area contributed by atoms with Crippen LogP contribution in [0.2, 0.25) is 0 Å².